The van der Waals surface area contributed by atoms with Gasteiger partial charge < -0.3 is 0 Å². The third kappa shape index (κ3) is 1.31. The van der Waals surface area contributed by atoms with E-state index in [9.17, 15) is 4.79 Å². The van der Waals surface area contributed by atoms with Crippen molar-refractivity contribution in [3.8, 4) is 5.69 Å². The Morgan fingerprint density at radius 1 is 1.46 bits per heavy atom. The van der Waals surface area contributed by atoms with Crippen molar-refractivity contribution in [1.29, 1.82) is 0 Å². The third-order valence-electron chi connectivity index (χ3n) is 1.59. The highest BCUT2D eigenvalue weighted by molar-refractivity contribution is 7.71. The summed E-state index contributed by atoms with van der Waals surface area (Å²) in [7, 11) is 0. The Bertz CT molecular complexity index is 482. The molecule has 0 unspecified atom stereocenters. The molecule has 0 aliphatic heterocycles. The van der Waals surface area contributed by atoms with Crippen molar-refractivity contribution in [2.75, 3.05) is 0 Å². The Labute approximate surface area is 78.1 Å². The molecule has 5 nitrogen and oxygen atoms in total. The Morgan fingerprint density at radius 2 is 2.31 bits per heavy atom. The number of aromatic amines is 2. The molecule has 0 atom stereocenters. The second-order valence-corrected chi connectivity index (χ2v) is 2.79. The fourth-order valence-electron chi connectivity index (χ4n) is 1.03. The lowest BCUT2D eigenvalue weighted by molar-refractivity contribution is 0.965. The normalized spacial score (nSPS) is 10.2. The van der Waals surface area contributed by atoms with Gasteiger partial charge in [0.25, 0.3) is 0 Å². The van der Waals surface area contributed by atoms with E-state index in [0.29, 0.717) is 10.5 Å². The molecule has 0 amide bonds. The van der Waals surface area contributed by atoms with Crippen LogP contribution >= 0.6 is 12.2 Å². The first-order valence-electron chi connectivity index (χ1n) is 3.59. The lowest BCUT2D eigenvalue weighted by Crippen LogP contribution is -2.14. The van der Waals surface area contributed by atoms with Crippen molar-refractivity contribution in [2.24, 2.45) is 0 Å². The maximum absolute atomic E-state index is 11.2. The van der Waals surface area contributed by atoms with Crippen LogP contribution in [0.15, 0.2) is 29.3 Å². The molecule has 0 aliphatic carbocycles. The average molecular weight is 194 g/mol. The molecule has 2 heterocycles. The monoisotopic (exact) mass is 194 g/mol. The molecule has 0 saturated heterocycles. The minimum atomic E-state index is -0.294. The van der Waals surface area contributed by atoms with Crippen molar-refractivity contribution in [3.63, 3.8) is 0 Å². The van der Waals surface area contributed by atoms with Gasteiger partial charge in [0, 0.05) is 6.20 Å². The molecule has 2 aromatic heterocycles. The highest BCUT2D eigenvalue weighted by Crippen LogP contribution is 2.00. The molecule has 6 heteroatoms. The fraction of sp³-hybridized carbons (Fsp3) is 0. The number of aromatic nitrogens is 4. The lowest BCUT2D eigenvalue weighted by atomic mass is 10.4. The number of nitrogens with zero attached hydrogens (tertiary/aromatic N) is 2. The summed E-state index contributed by atoms with van der Waals surface area (Å²) in [6.45, 7) is 0. The molecular formula is C7H6N4OS. The first kappa shape index (κ1) is 7.93. The van der Waals surface area contributed by atoms with Crippen LogP contribution in [-0.2, 0) is 0 Å². The zero-order valence-corrected chi connectivity index (χ0v) is 7.34. The number of rotatable bonds is 1. The molecule has 2 rings (SSSR count). The Balaban J connectivity index is 2.73. The topological polar surface area (TPSA) is 66.5 Å². The highest BCUT2D eigenvalue weighted by atomic mass is 32.1. The van der Waals surface area contributed by atoms with Crippen LogP contribution in [0.1, 0.15) is 0 Å². The molecule has 0 spiro atoms. The van der Waals surface area contributed by atoms with E-state index in [1.54, 1.807) is 24.5 Å². The molecule has 0 radical (unpaired) electrons. The molecule has 0 aliphatic rings. The van der Waals surface area contributed by atoms with Gasteiger partial charge in [0.1, 0.15) is 0 Å². The first-order chi connectivity index (χ1) is 6.29. The second kappa shape index (κ2) is 2.98. The summed E-state index contributed by atoms with van der Waals surface area (Å²) in [5.41, 5.74) is 0.355. The van der Waals surface area contributed by atoms with Crippen LogP contribution < -0.4 is 5.69 Å². The zero-order chi connectivity index (χ0) is 9.26. The van der Waals surface area contributed by atoms with E-state index in [1.807, 2.05) is 0 Å². The lowest BCUT2D eigenvalue weighted by Gasteiger charge is -1.96. The van der Waals surface area contributed by atoms with Crippen LogP contribution in [0.4, 0.5) is 0 Å². The molecular weight excluding hydrogens is 188 g/mol. The van der Waals surface area contributed by atoms with Crippen LogP contribution in [0.5, 0.6) is 0 Å². The zero-order valence-electron chi connectivity index (χ0n) is 6.52. The summed E-state index contributed by atoms with van der Waals surface area (Å²) in [6, 6.07) is 3.50. The number of pyridine rings is 1. The van der Waals surface area contributed by atoms with E-state index in [-0.39, 0.29) is 5.69 Å². The number of H-pyrrole nitrogens is 2. The van der Waals surface area contributed by atoms with Crippen molar-refractivity contribution < 1.29 is 0 Å². The van der Waals surface area contributed by atoms with E-state index in [2.05, 4.69) is 15.2 Å². The summed E-state index contributed by atoms with van der Waals surface area (Å²) in [5, 5.41) is 4.93. The highest BCUT2D eigenvalue weighted by Gasteiger charge is 2.01. The van der Waals surface area contributed by atoms with Crippen molar-refractivity contribution >= 4 is 12.2 Å². The van der Waals surface area contributed by atoms with Gasteiger partial charge in [0.2, 0.25) is 4.77 Å². The number of hydrogen-bond donors (Lipinski definition) is 2. The standard InChI is InChI=1S/C7H6N4OS/c12-6-9-10-7(13)11(6)5-2-1-3-8-4-5/h1-4H,(H,9,12)(H,10,13). The first-order valence-corrected chi connectivity index (χ1v) is 4.00. The minimum Gasteiger partial charge on any atom is -0.272 e. The summed E-state index contributed by atoms with van der Waals surface area (Å²) >= 11 is 4.90. The van der Waals surface area contributed by atoms with Gasteiger partial charge in [-0.2, -0.15) is 0 Å². The smallest absolute Gasteiger partial charge is 0.272 e. The largest absolute Gasteiger partial charge is 0.347 e. The molecule has 0 fully saturated rings. The van der Waals surface area contributed by atoms with Gasteiger partial charge in [-0.3, -0.25) is 10.1 Å². The summed E-state index contributed by atoms with van der Waals surface area (Å²) in [4.78, 5) is 15.1. The Hall–Kier alpha value is -1.69. The molecule has 2 N–H and O–H groups in total. The van der Waals surface area contributed by atoms with Gasteiger partial charge in [0.05, 0.1) is 11.9 Å². The van der Waals surface area contributed by atoms with Crippen LogP contribution in [0, 0.1) is 4.77 Å². The molecule has 0 bridgehead atoms. The van der Waals surface area contributed by atoms with Crippen molar-refractivity contribution in [3.05, 3.63) is 39.8 Å². The van der Waals surface area contributed by atoms with E-state index < -0.39 is 0 Å². The van der Waals surface area contributed by atoms with Crippen LogP contribution in [0.3, 0.4) is 0 Å². The van der Waals surface area contributed by atoms with Gasteiger partial charge in [-0.25, -0.2) is 14.5 Å². The summed E-state index contributed by atoms with van der Waals surface area (Å²) in [5.74, 6) is 0. The molecule has 2 aromatic rings. The Morgan fingerprint density at radius 3 is 2.85 bits per heavy atom. The fourth-order valence-corrected chi connectivity index (χ4v) is 1.27. The second-order valence-electron chi connectivity index (χ2n) is 2.41. The summed E-state index contributed by atoms with van der Waals surface area (Å²) < 4.78 is 1.67. The van der Waals surface area contributed by atoms with Gasteiger partial charge in [-0.05, 0) is 24.4 Å². The maximum Gasteiger partial charge on any atom is 0.347 e. The molecule has 66 valence electrons. The van der Waals surface area contributed by atoms with Crippen LogP contribution in [0.2, 0.25) is 0 Å². The maximum atomic E-state index is 11.2. The van der Waals surface area contributed by atoms with Crippen molar-refractivity contribution in [2.45, 2.75) is 0 Å². The minimum absolute atomic E-state index is 0.294. The quantitative estimate of drug-likeness (QED) is 0.654. The van der Waals surface area contributed by atoms with Gasteiger partial charge in [-0.15, -0.1) is 0 Å². The SMILES string of the molecule is O=c1[nH][nH]c(=S)n1-c1cccnc1. The van der Waals surface area contributed by atoms with Gasteiger partial charge in [-0.1, -0.05) is 0 Å². The third-order valence-corrected chi connectivity index (χ3v) is 1.87. The number of nitrogens with one attached hydrogen (secondary N) is 2. The van der Waals surface area contributed by atoms with Crippen molar-refractivity contribution in [1.82, 2.24) is 19.7 Å². The van der Waals surface area contributed by atoms with Gasteiger partial charge >= 0.3 is 5.69 Å². The average Bonchev–Trinajstić information content (AvgIpc) is 2.48. The Kier molecular flexibility index (Phi) is 1.82. The predicted molar refractivity (Wildman–Crippen MR) is 49.4 cm³/mol. The molecule has 0 aromatic carbocycles. The van der Waals surface area contributed by atoms with Crippen LogP contribution in [0.25, 0.3) is 5.69 Å². The van der Waals surface area contributed by atoms with E-state index in [0.717, 1.165) is 0 Å². The predicted octanol–water partition coefficient (Wildman–Crippen LogP) is 0.618. The number of hydrogen-bond acceptors (Lipinski definition) is 3. The van der Waals surface area contributed by atoms with Gasteiger partial charge in [0.15, 0.2) is 0 Å². The van der Waals surface area contributed by atoms with Crippen LogP contribution in [-0.4, -0.2) is 19.7 Å². The van der Waals surface area contributed by atoms with E-state index in [4.69, 9.17) is 12.2 Å². The van der Waals surface area contributed by atoms with E-state index in [1.165, 1.54) is 4.57 Å². The molecule has 13 heavy (non-hydrogen) atoms. The molecule has 0 saturated carbocycles. The van der Waals surface area contributed by atoms with E-state index >= 15 is 0 Å². The summed E-state index contributed by atoms with van der Waals surface area (Å²) in [6.07, 6.45) is 3.20.